The largest absolute Gasteiger partial charge is 0.468 e. The molecule has 13 heavy (non-hydrogen) atoms. The maximum absolute atomic E-state index is 5.23. The molecule has 0 aliphatic heterocycles. The predicted molar refractivity (Wildman–Crippen MR) is 58.0 cm³/mol. The average molecular weight is 199 g/mol. The SMILES string of the molecule is CNCCCCSCc1ccco1. The fourth-order valence-electron chi connectivity index (χ4n) is 1.07. The first-order chi connectivity index (χ1) is 6.43. The van der Waals surface area contributed by atoms with Crippen molar-refractivity contribution in [1.29, 1.82) is 0 Å². The molecule has 0 unspecified atom stereocenters. The Morgan fingerprint density at radius 3 is 3.08 bits per heavy atom. The van der Waals surface area contributed by atoms with E-state index in [1.807, 2.05) is 30.9 Å². The molecule has 0 aromatic carbocycles. The van der Waals surface area contributed by atoms with E-state index in [0.29, 0.717) is 0 Å². The van der Waals surface area contributed by atoms with Crippen LogP contribution in [-0.4, -0.2) is 19.3 Å². The second-order valence-electron chi connectivity index (χ2n) is 2.94. The third kappa shape index (κ3) is 5.01. The molecule has 3 heteroatoms. The van der Waals surface area contributed by atoms with E-state index in [2.05, 4.69) is 5.32 Å². The van der Waals surface area contributed by atoms with E-state index < -0.39 is 0 Å². The van der Waals surface area contributed by atoms with Crippen LogP contribution in [0.1, 0.15) is 18.6 Å². The molecule has 2 nitrogen and oxygen atoms in total. The van der Waals surface area contributed by atoms with Crippen molar-refractivity contribution >= 4 is 11.8 Å². The maximum atomic E-state index is 5.23. The van der Waals surface area contributed by atoms with Crippen molar-refractivity contribution in [2.75, 3.05) is 19.3 Å². The summed E-state index contributed by atoms with van der Waals surface area (Å²) >= 11 is 1.94. The lowest BCUT2D eigenvalue weighted by Crippen LogP contribution is -2.07. The van der Waals surface area contributed by atoms with E-state index in [9.17, 15) is 0 Å². The molecule has 0 atom stereocenters. The number of hydrogen-bond donors (Lipinski definition) is 1. The molecular formula is C10H17NOS. The Bertz CT molecular complexity index is 199. The normalized spacial score (nSPS) is 10.5. The highest BCUT2D eigenvalue weighted by molar-refractivity contribution is 7.98. The topological polar surface area (TPSA) is 25.2 Å². The third-order valence-electron chi connectivity index (χ3n) is 1.79. The lowest BCUT2D eigenvalue weighted by molar-refractivity contribution is 0.530. The molecule has 74 valence electrons. The monoisotopic (exact) mass is 199 g/mol. The van der Waals surface area contributed by atoms with Crippen LogP contribution >= 0.6 is 11.8 Å². The summed E-state index contributed by atoms with van der Waals surface area (Å²) in [6.07, 6.45) is 4.28. The fraction of sp³-hybridized carbons (Fsp3) is 0.600. The molecule has 0 amide bonds. The molecule has 0 fully saturated rings. The van der Waals surface area contributed by atoms with E-state index in [1.165, 1.54) is 18.6 Å². The number of furan rings is 1. The quantitative estimate of drug-likeness (QED) is 0.683. The summed E-state index contributed by atoms with van der Waals surface area (Å²) in [5.41, 5.74) is 0. The zero-order valence-electron chi connectivity index (χ0n) is 8.08. The smallest absolute Gasteiger partial charge is 0.113 e. The molecule has 0 saturated heterocycles. The average Bonchev–Trinajstić information content (AvgIpc) is 2.63. The molecule has 0 aliphatic rings. The molecule has 0 saturated carbocycles. The van der Waals surface area contributed by atoms with Crippen LogP contribution in [-0.2, 0) is 5.75 Å². The molecule has 0 radical (unpaired) electrons. The van der Waals surface area contributed by atoms with Crippen LogP contribution in [0.15, 0.2) is 22.8 Å². The molecule has 1 aromatic rings. The molecular weight excluding hydrogens is 182 g/mol. The number of unbranched alkanes of at least 4 members (excludes halogenated alkanes) is 1. The van der Waals surface area contributed by atoms with Crippen molar-refractivity contribution < 1.29 is 4.42 Å². The first kappa shape index (κ1) is 10.7. The van der Waals surface area contributed by atoms with Gasteiger partial charge in [0, 0.05) is 0 Å². The molecule has 1 rings (SSSR count). The fourth-order valence-corrected chi connectivity index (χ4v) is 1.99. The van der Waals surface area contributed by atoms with Crippen molar-refractivity contribution in [2.45, 2.75) is 18.6 Å². The Hall–Kier alpha value is -0.410. The lowest BCUT2D eigenvalue weighted by Gasteiger charge is -1.99. The van der Waals surface area contributed by atoms with Crippen molar-refractivity contribution in [2.24, 2.45) is 0 Å². The van der Waals surface area contributed by atoms with E-state index in [0.717, 1.165) is 18.1 Å². The minimum atomic E-state index is 1.01. The number of rotatable bonds is 7. The van der Waals surface area contributed by atoms with Gasteiger partial charge >= 0.3 is 0 Å². The highest BCUT2D eigenvalue weighted by atomic mass is 32.2. The van der Waals surface area contributed by atoms with Gasteiger partial charge in [-0.2, -0.15) is 11.8 Å². The summed E-state index contributed by atoms with van der Waals surface area (Å²) in [7, 11) is 2.00. The van der Waals surface area contributed by atoms with E-state index in [-0.39, 0.29) is 0 Å². The van der Waals surface area contributed by atoms with Crippen LogP contribution in [0.4, 0.5) is 0 Å². The van der Waals surface area contributed by atoms with Gasteiger partial charge in [-0.3, -0.25) is 0 Å². The summed E-state index contributed by atoms with van der Waals surface area (Å²) in [6.45, 7) is 1.13. The minimum absolute atomic E-state index is 1.01. The summed E-state index contributed by atoms with van der Waals surface area (Å²) in [4.78, 5) is 0. The number of hydrogen-bond acceptors (Lipinski definition) is 3. The van der Waals surface area contributed by atoms with Crippen molar-refractivity contribution in [3.05, 3.63) is 24.2 Å². The van der Waals surface area contributed by atoms with Crippen LogP contribution in [0, 0.1) is 0 Å². The van der Waals surface area contributed by atoms with Gasteiger partial charge in [-0.25, -0.2) is 0 Å². The van der Waals surface area contributed by atoms with Crippen molar-refractivity contribution in [3.8, 4) is 0 Å². The summed E-state index contributed by atoms with van der Waals surface area (Å²) < 4.78 is 5.23. The standard InChI is InChI=1S/C10H17NOS/c1-11-6-2-3-8-13-9-10-5-4-7-12-10/h4-5,7,11H,2-3,6,8-9H2,1H3. The molecule has 0 aliphatic carbocycles. The molecule has 0 bridgehead atoms. The first-order valence-corrected chi connectivity index (χ1v) is 5.83. The van der Waals surface area contributed by atoms with Gasteiger partial charge in [0.1, 0.15) is 5.76 Å². The Balaban J connectivity index is 1.90. The number of nitrogens with one attached hydrogen (secondary N) is 1. The van der Waals surface area contributed by atoms with E-state index >= 15 is 0 Å². The second-order valence-corrected chi connectivity index (χ2v) is 4.05. The Labute approximate surface area is 84.1 Å². The van der Waals surface area contributed by atoms with Gasteiger partial charge in [-0.15, -0.1) is 0 Å². The van der Waals surface area contributed by atoms with E-state index in [4.69, 9.17) is 4.42 Å². The van der Waals surface area contributed by atoms with Crippen LogP contribution in [0.5, 0.6) is 0 Å². The molecule has 0 spiro atoms. The Kier molecular flexibility index (Phi) is 5.78. The predicted octanol–water partition coefficient (Wildman–Crippen LogP) is 2.51. The first-order valence-electron chi connectivity index (χ1n) is 4.68. The molecule has 1 heterocycles. The molecule has 1 aromatic heterocycles. The zero-order chi connectivity index (χ0) is 9.36. The van der Waals surface area contributed by atoms with Gasteiger partial charge in [0.2, 0.25) is 0 Å². The zero-order valence-corrected chi connectivity index (χ0v) is 8.90. The van der Waals surface area contributed by atoms with Gasteiger partial charge < -0.3 is 9.73 Å². The van der Waals surface area contributed by atoms with Gasteiger partial charge in [-0.05, 0) is 44.3 Å². The summed E-state index contributed by atoms with van der Waals surface area (Å²) in [5.74, 6) is 3.31. The Morgan fingerprint density at radius 2 is 2.38 bits per heavy atom. The highest BCUT2D eigenvalue weighted by Gasteiger charge is 1.95. The Morgan fingerprint density at radius 1 is 1.46 bits per heavy atom. The van der Waals surface area contributed by atoms with E-state index in [1.54, 1.807) is 6.26 Å². The van der Waals surface area contributed by atoms with Crippen molar-refractivity contribution in [3.63, 3.8) is 0 Å². The summed E-state index contributed by atoms with van der Waals surface area (Å²) in [6, 6.07) is 3.97. The second kappa shape index (κ2) is 7.04. The minimum Gasteiger partial charge on any atom is -0.468 e. The van der Waals surface area contributed by atoms with Crippen LogP contribution in [0.3, 0.4) is 0 Å². The maximum Gasteiger partial charge on any atom is 0.113 e. The van der Waals surface area contributed by atoms with Crippen molar-refractivity contribution in [1.82, 2.24) is 5.32 Å². The van der Waals surface area contributed by atoms with Crippen LogP contribution in [0.25, 0.3) is 0 Å². The lowest BCUT2D eigenvalue weighted by atomic mass is 10.3. The van der Waals surface area contributed by atoms with Gasteiger partial charge in [0.05, 0.1) is 12.0 Å². The summed E-state index contributed by atoms with van der Waals surface area (Å²) in [5, 5.41) is 3.14. The highest BCUT2D eigenvalue weighted by Crippen LogP contribution is 2.13. The molecule has 1 N–H and O–H groups in total. The van der Waals surface area contributed by atoms with Gasteiger partial charge in [0.15, 0.2) is 0 Å². The number of thioether (sulfide) groups is 1. The van der Waals surface area contributed by atoms with Gasteiger partial charge in [-0.1, -0.05) is 0 Å². The van der Waals surface area contributed by atoms with Gasteiger partial charge in [0.25, 0.3) is 0 Å². The third-order valence-corrected chi connectivity index (χ3v) is 2.86. The van der Waals surface area contributed by atoms with Crippen LogP contribution < -0.4 is 5.32 Å². The van der Waals surface area contributed by atoms with Crippen LogP contribution in [0.2, 0.25) is 0 Å².